The van der Waals surface area contributed by atoms with E-state index in [0.29, 0.717) is 12.0 Å². The fraction of sp³-hybridized carbons (Fsp3) is 0.562. The molecule has 0 aliphatic rings. The van der Waals surface area contributed by atoms with Crippen LogP contribution in [-0.4, -0.2) is 16.2 Å². The number of carboxylic acids is 1. The SMILES string of the molecule is CCC(C)(C)c1ccc(O)c(CC(C)(C)C(=O)O)c1. The van der Waals surface area contributed by atoms with Crippen LogP contribution in [0.5, 0.6) is 5.75 Å². The van der Waals surface area contributed by atoms with Gasteiger partial charge in [-0.2, -0.15) is 0 Å². The Kier molecular flexibility index (Phi) is 4.28. The summed E-state index contributed by atoms with van der Waals surface area (Å²) in [6, 6.07) is 5.51. The third kappa shape index (κ3) is 3.49. The molecule has 0 heterocycles. The second-order valence-corrected chi connectivity index (χ2v) is 6.45. The number of aliphatic carboxylic acids is 1. The van der Waals surface area contributed by atoms with Crippen molar-refractivity contribution in [2.45, 2.75) is 52.9 Å². The van der Waals surface area contributed by atoms with Gasteiger partial charge in [0.25, 0.3) is 0 Å². The summed E-state index contributed by atoms with van der Waals surface area (Å²) in [5, 5.41) is 19.1. The van der Waals surface area contributed by atoms with Crippen LogP contribution in [0, 0.1) is 5.41 Å². The molecule has 1 aromatic rings. The topological polar surface area (TPSA) is 57.5 Å². The van der Waals surface area contributed by atoms with Crippen LogP contribution >= 0.6 is 0 Å². The van der Waals surface area contributed by atoms with Crippen LogP contribution in [0.25, 0.3) is 0 Å². The fourth-order valence-electron chi connectivity index (χ4n) is 1.90. The van der Waals surface area contributed by atoms with Gasteiger partial charge in [-0.1, -0.05) is 32.9 Å². The molecule has 0 aliphatic carbocycles. The van der Waals surface area contributed by atoms with Crippen LogP contribution in [0.1, 0.15) is 52.2 Å². The van der Waals surface area contributed by atoms with E-state index in [4.69, 9.17) is 0 Å². The van der Waals surface area contributed by atoms with Gasteiger partial charge in [0, 0.05) is 0 Å². The number of benzene rings is 1. The highest BCUT2D eigenvalue weighted by atomic mass is 16.4. The molecular formula is C16H24O3. The van der Waals surface area contributed by atoms with E-state index in [0.717, 1.165) is 12.0 Å². The molecule has 0 amide bonds. The monoisotopic (exact) mass is 264 g/mol. The number of hydrogen-bond acceptors (Lipinski definition) is 2. The molecule has 19 heavy (non-hydrogen) atoms. The van der Waals surface area contributed by atoms with Crippen molar-refractivity contribution >= 4 is 5.97 Å². The van der Waals surface area contributed by atoms with E-state index in [1.165, 1.54) is 0 Å². The zero-order valence-electron chi connectivity index (χ0n) is 12.4. The second kappa shape index (κ2) is 5.24. The average molecular weight is 264 g/mol. The first kappa shape index (κ1) is 15.5. The van der Waals surface area contributed by atoms with Gasteiger partial charge in [0.1, 0.15) is 5.75 Å². The highest BCUT2D eigenvalue weighted by Gasteiger charge is 2.29. The van der Waals surface area contributed by atoms with E-state index in [-0.39, 0.29) is 11.2 Å². The Labute approximate surface area is 115 Å². The quantitative estimate of drug-likeness (QED) is 0.852. The minimum Gasteiger partial charge on any atom is -0.508 e. The predicted molar refractivity (Wildman–Crippen MR) is 76.5 cm³/mol. The lowest BCUT2D eigenvalue weighted by molar-refractivity contribution is -0.146. The second-order valence-electron chi connectivity index (χ2n) is 6.45. The van der Waals surface area contributed by atoms with E-state index in [1.807, 2.05) is 12.1 Å². The van der Waals surface area contributed by atoms with Crippen LogP contribution in [0.4, 0.5) is 0 Å². The van der Waals surface area contributed by atoms with Crippen molar-refractivity contribution in [3.05, 3.63) is 29.3 Å². The summed E-state index contributed by atoms with van der Waals surface area (Å²) in [7, 11) is 0. The van der Waals surface area contributed by atoms with Gasteiger partial charge in [0.15, 0.2) is 0 Å². The van der Waals surface area contributed by atoms with Crippen LogP contribution in [-0.2, 0) is 16.6 Å². The Morgan fingerprint density at radius 1 is 1.21 bits per heavy atom. The normalized spacial score (nSPS) is 12.5. The number of carboxylic acid groups (broad SMARTS) is 1. The Morgan fingerprint density at radius 2 is 1.79 bits per heavy atom. The first-order valence-electron chi connectivity index (χ1n) is 6.66. The van der Waals surface area contributed by atoms with Gasteiger partial charge in [-0.25, -0.2) is 0 Å². The summed E-state index contributed by atoms with van der Waals surface area (Å²) in [4.78, 5) is 11.2. The molecular weight excluding hydrogens is 240 g/mol. The van der Waals surface area contributed by atoms with Gasteiger partial charge in [-0.3, -0.25) is 4.79 Å². The Morgan fingerprint density at radius 3 is 2.26 bits per heavy atom. The molecule has 0 spiro atoms. The van der Waals surface area contributed by atoms with Crippen molar-refractivity contribution in [2.24, 2.45) is 5.41 Å². The molecule has 3 heteroatoms. The van der Waals surface area contributed by atoms with E-state index in [1.54, 1.807) is 19.9 Å². The first-order chi connectivity index (χ1) is 8.60. The summed E-state index contributed by atoms with van der Waals surface area (Å²) < 4.78 is 0. The third-order valence-electron chi connectivity index (χ3n) is 3.96. The molecule has 1 rings (SSSR count). The zero-order valence-corrected chi connectivity index (χ0v) is 12.4. The van der Waals surface area contributed by atoms with Gasteiger partial charge in [0.2, 0.25) is 0 Å². The Hall–Kier alpha value is -1.51. The largest absolute Gasteiger partial charge is 0.508 e. The van der Waals surface area contributed by atoms with Crippen molar-refractivity contribution in [3.63, 3.8) is 0 Å². The number of aromatic hydroxyl groups is 1. The molecule has 0 fully saturated rings. The molecule has 0 radical (unpaired) electrons. The van der Waals surface area contributed by atoms with Gasteiger partial charge in [-0.05, 0) is 49.3 Å². The van der Waals surface area contributed by atoms with Crippen LogP contribution in [0.3, 0.4) is 0 Å². The van der Waals surface area contributed by atoms with Crippen LogP contribution in [0.2, 0.25) is 0 Å². The van der Waals surface area contributed by atoms with Crippen molar-refractivity contribution in [1.82, 2.24) is 0 Å². The molecule has 1 aromatic carbocycles. The highest BCUT2D eigenvalue weighted by Crippen LogP contribution is 2.33. The van der Waals surface area contributed by atoms with E-state index < -0.39 is 11.4 Å². The summed E-state index contributed by atoms with van der Waals surface area (Å²) in [6.45, 7) is 9.75. The summed E-state index contributed by atoms with van der Waals surface area (Å²) in [6.07, 6.45) is 1.31. The minimum absolute atomic E-state index is 0.0236. The lowest BCUT2D eigenvalue weighted by Crippen LogP contribution is -2.26. The van der Waals surface area contributed by atoms with Crippen molar-refractivity contribution < 1.29 is 15.0 Å². The summed E-state index contributed by atoms with van der Waals surface area (Å²) in [5.74, 6) is -0.683. The standard InChI is InChI=1S/C16H24O3/c1-6-15(2,3)12-7-8-13(17)11(9-12)10-16(4,5)14(18)19/h7-9,17H,6,10H2,1-5H3,(H,18,19). The van der Waals surface area contributed by atoms with Crippen molar-refractivity contribution in [2.75, 3.05) is 0 Å². The van der Waals surface area contributed by atoms with Crippen molar-refractivity contribution in [1.29, 1.82) is 0 Å². The maximum absolute atomic E-state index is 11.2. The lowest BCUT2D eigenvalue weighted by Gasteiger charge is -2.26. The Balaban J connectivity index is 3.15. The molecule has 0 saturated heterocycles. The Bertz CT molecular complexity index is 473. The number of phenols is 1. The number of hydrogen-bond donors (Lipinski definition) is 2. The average Bonchev–Trinajstić information content (AvgIpc) is 2.31. The predicted octanol–water partition coefficient (Wildman–Crippen LogP) is 3.73. The number of phenolic OH excluding ortho intramolecular Hbond substituents is 1. The molecule has 0 saturated carbocycles. The molecule has 0 unspecified atom stereocenters. The van der Waals surface area contributed by atoms with Gasteiger partial charge < -0.3 is 10.2 Å². The first-order valence-corrected chi connectivity index (χ1v) is 6.66. The van der Waals surface area contributed by atoms with Gasteiger partial charge >= 0.3 is 5.97 Å². The fourth-order valence-corrected chi connectivity index (χ4v) is 1.90. The van der Waals surface area contributed by atoms with Crippen LogP contribution < -0.4 is 0 Å². The van der Waals surface area contributed by atoms with Gasteiger partial charge in [0.05, 0.1) is 5.41 Å². The smallest absolute Gasteiger partial charge is 0.309 e. The maximum Gasteiger partial charge on any atom is 0.309 e. The van der Waals surface area contributed by atoms with Crippen LogP contribution in [0.15, 0.2) is 18.2 Å². The molecule has 0 aromatic heterocycles. The summed E-state index contributed by atoms with van der Waals surface area (Å²) >= 11 is 0. The number of carbonyl (C=O) groups is 1. The maximum atomic E-state index is 11.2. The molecule has 0 aliphatic heterocycles. The molecule has 106 valence electrons. The third-order valence-corrected chi connectivity index (χ3v) is 3.96. The van der Waals surface area contributed by atoms with E-state index in [2.05, 4.69) is 20.8 Å². The zero-order chi connectivity index (χ0) is 14.8. The molecule has 2 N–H and O–H groups in total. The minimum atomic E-state index is -0.882. The molecule has 3 nitrogen and oxygen atoms in total. The molecule has 0 atom stereocenters. The van der Waals surface area contributed by atoms with Gasteiger partial charge in [-0.15, -0.1) is 0 Å². The lowest BCUT2D eigenvalue weighted by atomic mass is 9.79. The molecule has 0 bridgehead atoms. The number of rotatable bonds is 5. The van der Waals surface area contributed by atoms with Crippen molar-refractivity contribution in [3.8, 4) is 5.75 Å². The van der Waals surface area contributed by atoms with E-state index >= 15 is 0 Å². The van der Waals surface area contributed by atoms with E-state index in [9.17, 15) is 15.0 Å². The summed E-state index contributed by atoms with van der Waals surface area (Å²) in [5.41, 5.74) is 0.970. The highest BCUT2D eigenvalue weighted by molar-refractivity contribution is 5.74.